The Morgan fingerprint density at radius 3 is 2.35 bits per heavy atom. The molecule has 0 radical (unpaired) electrons. The molecule has 0 heterocycles. The van der Waals surface area contributed by atoms with Crippen molar-refractivity contribution < 1.29 is 0 Å². The molecule has 2 saturated carbocycles. The lowest BCUT2D eigenvalue weighted by Crippen LogP contribution is -2.41. The molecule has 1 atom stereocenters. The van der Waals surface area contributed by atoms with Crippen molar-refractivity contribution in [3.63, 3.8) is 0 Å². The second kappa shape index (κ2) is 6.19. The Morgan fingerprint density at radius 1 is 1.12 bits per heavy atom. The maximum atomic E-state index is 3.63. The Balaban J connectivity index is 1.64. The van der Waals surface area contributed by atoms with E-state index in [1.165, 1.54) is 51.5 Å². The predicted octanol–water partition coefficient (Wildman–Crippen LogP) is 3.03. The van der Waals surface area contributed by atoms with Gasteiger partial charge < -0.3 is 10.2 Å². The van der Waals surface area contributed by atoms with E-state index in [4.69, 9.17) is 0 Å². The van der Waals surface area contributed by atoms with E-state index in [-0.39, 0.29) is 0 Å². The molecule has 100 valence electrons. The highest BCUT2D eigenvalue weighted by Gasteiger charge is 2.25. The first-order valence-corrected chi connectivity index (χ1v) is 7.62. The fourth-order valence-electron chi connectivity index (χ4n) is 3.00. The van der Waals surface area contributed by atoms with Gasteiger partial charge in [-0.25, -0.2) is 0 Å². The SMILES string of the molecule is CC1CCC(N(C)C(C)CCNC2CC2)CC1. The van der Waals surface area contributed by atoms with E-state index in [1.807, 2.05) is 0 Å². The second-order valence-corrected chi connectivity index (χ2v) is 6.45. The summed E-state index contributed by atoms with van der Waals surface area (Å²) in [7, 11) is 2.34. The zero-order chi connectivity index (χ0) is 12.3. The van der Waals surface area contributed by atoms with Crippen LogP contribution in [0.2, 0.25) is 0 Å². The van der Waals surface area contributed by atoms with Crippen molar-refractivity contribution >= 4 is 0 Å². The Hall–Kier alpha value is -0.0800. The van der Waals surface area contributed by atoms with Gasteiger partial charge in [-0.1, -0.05) is 6.92 Å². The fraction of sp³-hybridized carbons (Fsp3) is 1.00. The molecule has 0 aromatic heterocycles. The smallest absolute Gasteiger partial charge is 0.00952 e. The lowest BCUT2D eigenvalue weighted by Gasteiger charge is -2.37. The van der Waals surface area contributed by atoms with Crippen LogP contribution in [0.3, 0.4) is 0 Å². The topological polar surface area (TPSA) is 15.3 Å². The summed E-state index contributed by atoms with van der Waals surface area (Å²) in [6.07, 6.45) is 9.81. The highest BCUT2D eigenvalue weighted by atomic mass is 15.2. The van der Waals surface area contributed by atoms with Gasteiger partial charge in [0, 0.05) is 18.1 Å². The van der Waals surface area contributed by atoms with E-state index < -0.39 is 0 Å². The van der Waals surface area contributed by atoms with Gasteiger partial charge in [0.25, 0.3) is 0 Å². The Labute approximate surface area is 107 Å². The quantitative estimate of drug-likeness (QED) is 0.765. The van der Waals surface area contributed by atoms with Crippen molar-refractivity contribution in [3.05, 3.63) is 0 Å². The minimum absolute atomic E-state index is 0.736. The predicted molar refractivity (Wildman–Crippen MR) is 74.3 cm³/mol. The summed E-state index contributed by atoms with van der Waals surface area (Å²) in [5, 5.41) is 3.63. The molecule has 17 heavy (non-hydrogen) atoms. The molecule has 0 aromatic carbocycles. The van der Waals surface area contributed by atoms with Crippen LogP contribution in [0.1, 0.15) is 58.8 Å². The van der Waals surface area contributed by atoms with Crippen molar-refractivity contribution in [3.8, 4) is 0 Å². The summed E-state index contributed by atoms with van der Waals surface area (Å²) in [6, 6.07) is 2.45. The van der Waals surface area contributed by atoms with E-state index in [9.17, 15) is 0 Å². The first kappa shape index (κ1) is 13.4. The molecule has 0 aliphatic heterocycles. The van der Waals surface area contributed by atoms with Crippen molar-refractivity contribution in [1.82, 2.24) is 10.2 Å². The molecule has 2 rings (SSSR count). The molecule has 2 fully saturated rings. The third-order valence-electron chi connectivity index (χ3n) is 4.83. The lowest BCUT2D eigenvalue weighted by molar-refractivity contribution is 0.126. The second-order valence-electron chi connectivity index (χ2n) is 6.45. The van der Waals surface area contributed by atoms with Crippen molar-refractivity contribution in [2.75, 3.05) is 13.6 Å². The first-order chi connectivity index (χ1) is 8.16. The van der Waals surface area contributed by atoms with Gasteiger partial charge in [0.15, 0.2) is 0 Å². The van der Waals surface area contributed by atoms with Crippen LogP contribution in [0.15, 0.2) is 0 Å². The zero-order valence-corrected chi connectivity index (χ0v) is 11.9. The van der Waals surface area contributed by atoms with Crippen molar-refractivity contribution in [1.29, 1.82) is 0 Å². The van der Waals surface area contributed by atoms with Gasteiger partial charge in [0.05, 0.1) is 0 Å². The number of rotatable bonds is 6. The van der Waals surface area contributed by atoms with E-state index >= 15 is 0 Å². The molecule has 2 aliphatic carbocycles. The van der Waals surface area contributed by atoms with Crippen molar-refractivity contribution in [2.45, 2.75) is 76.9 Å². The van der Waals surface area contributed by atoms with Crippen LogP contribution in [0.25, 0.3) is 0 Å². The van der Waals surface area contributed by atoms with Gasteiger partial charge >= 0.3 is 0 Å². The third kappa shape index (κ3) is 4.26. The van der Waals surface area contributed by atoms with E-state index in [2.05, 4.69) is 31.1 Å². The standard InChI is InChI=1S/C15H30N2/c1-12-4-8-15(9-5-12)17(3)13(2)10-11-16-14-6-7-14/h12-16H,4-11H2,1-3H3. The zero-order valence-electron chi connectivity index (χ0n) is 11.9. The molecular formula is C15H30N2. The van der Waals surface area contributed by atoms with E-state index in [0.717, 1.165) is 24.0 Å². The van der Waals surface area contributed by atoms with Gasteiger partial charge in [0.1, 0.15) is 0 Å². The summed E-state index contributed by atoms with van der Waals surface area (Å²) in [5.74, 6) is 0.964. The Morgan fingerprint density at radius 2 is 1.76 bits per heavy atom. The van der Waals surface area contributed by atoms with Crippen LogP contribution < -0.4 is 5.32 Å². The summed E-state index contributed by atoms with van der Waals surface area (Å²) in [6.45, 7) is 6.01. The number of hydrogen-bond donors (Lipinski definition) is 1. The maximum absolute atomic E-state index is 3.63. The van der Waals surface area contributed by atoms with Gasteiger partial charge in [-0.05, 0) is 71.4 Å². The minimum Gasteiger partial charge on any atom is -0.314 e. The molecule has 0 amide bonds. The molecular weight excluding hydrogens is 208 g/mol. The van der Waals surface area contributed by atoms with Crippen LogP contribution in [0, 0.1) is 5.92 Å². The van der Waals surface area contributed by atoms with Gasteiger partial charge in [-0.3, -0.25) is 0 Å². The Bertz CT molecular complexity index is 217. The average Bonchev–Trinajstić information content (AvgIpc) is 3.13. The first-order valence-electron chi connectivity index (χ1n) is 7.62. The molecule has 2 heteroatoms. The third-order valence-corrected chi connectivity index (χ3v) is 4.83. The largest absolute Gasteiger partial charge is 0.314 e. The highest BCUT2D eigenvalue weighted by molar-refractivity contribution is 4.83. The molecule has 0 saturated heterocycles. The van der Waals surface area contributed by atoms with Crippen molar-refractivity contribution in [2.24, 2.45) is 5.92 Å². The van der Waals surface area contributed by atoms with Crippen LogP contribution >= 0.6 is 0 Å². The highest BCUT2D eigenvalue weighted by Crippen LogP contribution is 2.27. The molecule has 0 spiro atoms. The molecule has 2 nitrogen and oxygen atoms in total. The minimum atomic E-state index is 0.736. The maximum Gasteiger partial charge on any atom is 0.00952 e. The van der Waals surface area contributed by atoms with Crippen LogP contribution in [-0.2, 0) is 0 Å². The number of hydrogen-bond acceptors (Lipinski definition) is 2. The fourth-order valence-corrected chi connectivity index (χ4v) is 3.00. The van der Waals surface area contributed by atoms with Crippen LogP contribution in [0.4, 0.5) is 0 Å². The average molecular weight is 238 g/mol. The van der Waals surface area contributed by atoms with E-state index in [0.29, 0.717) is 0 Å². The Kier molecular flexibility index (Phi) is 4.87. The summed E-state index contributed by atoms with van der Waals surface area (Å²) in [5.41, 5.74) is 0. The summed E-state index contributed by atoms with van der Waals surface area (Å²) in [4.78, 5) is 2.64. The number of nitrogens with zero attached hydrogens (tertiary/aromatic N) is 1. The molecule has 0 bridgehead atoms. The lowest BCUT2D eigenvalue weighted by atomic mass is 9.86. The monoisotopic (exact) mass is 238 g/mol. The van der Waals surface area contributed by atoms with Gasteiger partial charge in [-0.15, -0.1) is 0 Å². The van der Waals surface area contributed by atoms with Gasteiger partial charge in [0.2, 0.25) is 0 Å². The molecule has 0 aromatic rings. The van der Waals surface area contributed by atoms with E-state index in [1.54, 1.807) is 0 Å². The summed E-state index contributed by atoms with van der Waals surface area (Å²) < 4.78 is 0. The summed E-state index contributed by atoms with van der Waals surface area (Å²) >= 11 is 0. The molecule has 2 aliphatic rings. The van der Waals surface area contributed by atoms with Crippen LogP contribution in [-0.4, -0.2) is 36.6 Å². The van der Waals surface area contributed by atoms with Gasteiger partial charge in [-0.2, -0.15) is 0 Å². The normalized spacial score (nSPS) is 31.8. The molecule has 1 unspecified atom stereocenters. The molecule has 1 N–H and O–H groups in total. The number of nitrogens with one attached hydrogen (secondary N) is 1. The van der Waals surface area contributed by atoms with Crippen LogP contribution in [0.5, 0.6) is 0 Å².